The third kappa shape index (κ3) is 3.97. The quantitative estimate of drug-likeness (QED) is 0.556. The molecule has 1 atom stereocenters. The summed E-state index contributed by atoms with van der Waals surface area (Å²) in [7, 11) is 1.73. The summed E-state index contributed by atoms with van der Waals surface area (Å²) in [6.45, 7) is 0.419. The average molecular weight is 457 g/mol. The second kappa shape index (κ2) is 8.81. The van der Waals surface area contributed by atoms with E-state index in [1.54, 1.807) is 19.2 Å². The number of nitrogens with two attached hydrogens (primary N) is 1. The van der Waals surface area contributed by atoms with E-state index in [9.17, 15) is 9.65 Å². The Balaban J connectivity index is 1.64. The van der Waals surface area contributed by atoms with Crippen LogP contribution in [0.2, 0.25) is 0 Å². The van der Waals surface area contributed by atoms with Crippen molar-refractivity contribution in [2.75, 3.05) is 7.05 Å². The summed E-state index contributed by atoms with van der Waals surface area (Å²) in [6.07, 6.45) is 3.41. The van der Waals surface area contributed by atoms with Crippen LogP contribution in [0.1, 0.15) is 41.5 Å². The molecular formula is C27H25FN4O2. The van der Waals surface area contributed by atoms with Gasteiger partial charge in [-0.25, -0.2) is 19.3 Å². The number of nitrogens with zero attached hydrogens (tertiary/aromatic N) is 3. The highest BCUT2D eigenvalue weighted by atomic mass is 19.1. The lowest BCUT2D eigenvalue weighted by molar-refractivity contribution is -0.177. The van der Waals surface area contributed by atoms with Gasteiger partial charge in [-0.15, -0.1) is 0 Å². The van der Waals surface area contributed by atoms with Crippen molar-refractivity contribution in [2.24, 2.45) is 10.7 Å². The molecule has 2 aliphatic heterocycles. The number of hydrogen-bond donors (Lipinski definition) is 1. The van der Waals surface area contributed by atoms with Gasteiger partial charge < -0.3 is 10.5 Å². The lowest BCUT2D eigenvalue weighted by atomic mass is 9.92. The predicted octanol–water partition coefficient (Wildman–Crippen LogP) is 5.01. The molecule has 0 amide bonds. The molecule has 0 bridgehead atoms. The number of aryl methyl sites for hydroxylation is 1. The highest BCUT2D eigenvalue weighted by molar-refractivity contribution is 5.79. The van der Waals surface area contributed by atoms with Gasteiger partial charge in [0.2, 0.25) is 11.7 Å². The van der Waals surface area contributed by atoms with E-state index in [4.69, 9.17) is 20.3 Å². The molecule has 0 aliphatic carbocycles. The first-order valence-electron chi connectivity index (χ1n) is 11.3. The highest BCUT2D eigenvalue weighted by Crippen LogP contribution is 2.44. The summed E-state index contributed by atoms with van der Waals surface area (Å²) in [5.41, 5.74) is 9.81. The fourth-order valence-electron chi connectivity index (χ4n) is 4.60. The summed E-state index contributed by atoms with van der Waals surface area (Å²) in [6, 6.07) is 20.5. The van der Waals surface area contributed by atoms with Crippen LogP contribution in [-0.2, 0) is 23.6 Å². The van der Waals surface area contributed by atoms with Gasteiger partial charge in [0.1, 0.15) is 24.2 Å². The van der Waals surface area contributed by atoms with E-state index < -0.39 is 11.5 Å². The number of nitriles is 1. The van der Waals surface area contributed by atoms with E-state index in [-0.39, 0.29) is 5.56 Å². The Kier molecular flexibility index (Phi) is 5.68. The number of fused-ring (bicyclic) bond motifs is 3. The van der Waals surface area contributed by atoms with Crippen molar-refractivity contribution in [3.8, 4) is 22.9 Å². The van der Waals surface area contributed by atoms with Crippen molar-refractivity contribution in [1.29, 1.82) is 5.26 Å². The maximum atomic E-state index is 13.9. The zero-order valence-electron chi connectivity index (χ0n) is 18.9. The molecule has 0 fully saturated rings. The molecule has 6 nitrogen and oxygen atoms in total. The molecular weight excluding hydrogens is 431 g/mol. The number of hydrogen-bond acceptors (Lipinski definition) is 6. The van der Waals surface area contributed by atoms with Crippen LogP contribution in [0.5, 0.6) is 5.75 Å². The zero-order chi connectivity index (χ0) is 23.7. The average Bonchev–Trinajstić information content (AvgIpc) is 3.13. The second-order valence-electron chi connectivity index (χ2n) is 8.62. The molecule has 172 valence electrons. The molecule has 0 saturated carbocycles. The van der Waals surface area contributed by atoms with E-state index in [1.807, 2.05) is 30.3 Å². The first-order chi connectivity index (χ1) is 16.5. The summed E-state index contributed by atoms with van der Waals surface area (Å²) >= 11 is 0. The maximum Gasteiger partial charge on any atom is 0.218 e. The van der Waals surface area contributed by atoms with Gasteiger partial charge in [0, 0.05) is 13.5 Å². The molecule has 0 saturated heterocycles. The number of ether oxygens (including phenoxy) is 1. The molecule has 2 heterocycles. The predicted molar refractivity (Wildman–Crippen MR) is 127 cm³/mol. The van der Waals surface area contributed by atoms with Crippen LogP contribution in [0, 0.1) is 17.1 Å². The largest absolute Gasteiger partial charge is 0.488 e. The van der Waals surface area contributed by atoms with Crippen molar-refractivity contribution in [3.63, 3.8) is 0 Å². The first-order valence-corrected chi connectivity index (χ1v) is 11.3. The molecule has 7 heteroatoms. The molecule has 2 N–H and O–H groups in total. The van der Waals surface area contributed by atoms with Crippen LogP contribution < -0.4 is 10.5 Å². The van der Waals surface area contributed by atoms with Crippen molar-refractivity contribution in [1.82, 2.24) is 5.06 Å². The Morgan fingerprint density at radius 1 is 1.06 bits per heavy atom. The number of benzene rings is 3. The van der Waals surface area contributed by atoms with Crippen LogP contribution in [0.15, 0.2) is 65.7 Å². The molecule has 1 unspecified atom stereocenters. The second-order valence-corrected chi connectivity index (χ2v) is 8.62. The van der Waals surface area contributed by atoms with Crippen molar-refractivity contribution in [2.45, 2.75) is 38.0 Å². The van der Waals surface area contributed by atoms with Gasteiger partial charge in [-0.2, -0.15) is 5.26 Å². The van der Waals surface area contributed by atoms with Gasteiger partial charge in [-0.05, 0) is 65.8 Å². The molecule has 5 rings (SSSR count). The van der Waals surface area contributed by atoms with E-state index in [0.717, 1.165) is 41.5 Å². The minimum atomic E-state index is -1.03. The van der Waals surface area contributed by atoms with Crippen LogP contribution in [0.3, 0.4) is 0 Å². The Hall–Kier alpha value is -3.89. The minimum Gasteiger partial charge on any atom is -0.488 e. The normalized spacial score (nSPS) is 19.9. The summed E-state index contributed by atoms with van der Waals surface area (Å²) in [4.78, 5) is 11.0. The summed E-state index contributed by atoms with van der Waals surface area (Å²) in [5, 5.41) is 10.8. The highest BCUT2D eigenvalue weighted by Gasteiger charge is 2.43. The van der Waals surface area contributed by atoms with Gasteiger partial charge in [0.25, 0.3) is 0 Å². The summed E-state index contributed by atoms with van der Waals surface area (Å²) in [5.74, 6) is 0.399. The van der Waals surface area contributed by atoms with Crippen LogP contribution in [0.4, 0.5) is 4.39 Å². The van der Waals surface area contributed by atoms with Gasteiger partial charge in [0.05, 0.1) is 11.1 Å². The van der Waals surface area contributed by atoms with Gasteiger partial charge in [-0.3, -0.25) is 0 Å². The van der Waals surface area contributed by atoms with E-state index in [2.05, 4.69) is 18.2 Å². The van der Waals surface area contributed by atoms with E-state index in [0.29, 0.717) is 24.7 Å². The number of rotatable bonds is 1. The monoisotopic (exact) mass is 456 g/mol. The molecule has 3 aromatic carbocycles. The molecule has 34 heavy (non-hydrogen) atoms. The van der Waals surface area contributed by atoms with Crippen LogP contribution >= 0.6 is 0 Å². The molecule has 2 aliphatic rings. The van der Waals surface area contributed by atoms with Crippen molar-refractivity contribution >= 4 is 5.96 Å². The topological polar surface area (TPSA) is 83.9 Å². The fourth-order valence-corrected chi connectivity index (χ4v) is 4.60. The zero-order valence-corrected chi connectivity index (χ0v) is 18.9. The third-order valence-electron chi connectivity index (χ3n) is 6.44. The molecule has 0 radical (unpaired) electrons. The van der Waals surface area contributed by atoms with Gasteiger partial charge in [-0.1, -0.05) is 36.4 Å². The van der Waals surface area contributed by atoms with E-state index in [1.165, 1.54) is 16.7 Å². The number of aliphatic imine (C=N–C) groups is 1. The third-order valence-corrected chi connectivity index (χ3v) is 6.44. The Bertz CT molecular complexity index is 1320. The summed E-state index contributed by atoms with van der Waals surface area (Å²) < 4.78 is 20.3. The van der Waals surface area contributed by atoms with Crippen molar-refractivity contribution < 1.29 is 14.0 Å². The SMILES string of the molecule is CN1OC2(CCCCc3ccccc3COc3ccc(-c4ccc(F)c(C#N)c4)cc32)N=C1N. The Morgan fingerprint density at radius 3 is 2.59 bits per heavy atom. The number of guanidine groups is 1. The number of hydroxylamine groups is 2. The lowest BCUT2D eigenvalue weighted by Gasteiger charge is -2.28. The van der Waals surface area contributed by atoms with Crippen LogP contribution in [-0.4, -0.2) is 18.1 Å². The Labute approximate surface area is 198 Å². The van der Waals surface area contributed by atoms with Crippen LogP contribution in [0.25, 0.3) is 11.1 Å². The lowest BCUT2D eigenvalue weighted by Crippen LogP contribution is -2.32. The standard InChI is InChI=1S/C27H25FN4O2/c1-32-26(30)31-27(34-32)13-5-4-7-18-6-2-3-8-21(18)17-33-25-12-10-20(15-23(25)27)19-9-11-24(28)22(14-19)16-29/h2-3,6,8-12,14-15H,4-5,7,13,17H2,1H3,(H2,30,31). The number of halogens is 1. The molecule has 0 aromatic heterocycles. The van der Waals surface area contributed by atoms with Crippen molar-refractivity contribution in [3.05, 3.63) is 88.7 Å². The Morgan fingerprint density at radius 2 is 1.82 bits per heavy atom. The minimum absolute atomic E-state index is 0.00398. The first kappa shape index (κ1) is 21.9. The fraction of sp³-hybridized carbons (Fsp3) is 0.259. The van der Waals surface area contributed by atoms with Gasteiger partial charge in [0.15, 0.2) is 0 Å². The molecule has 3 aromatic rings. The smallest absolute Gasteiger partial charge is 0.218 e. The van der Waals surface area contributed by atoms with E-state index >= 15 is 0 Å². The van der Waals surface area contributed by atoms with Gasteiger partial charge >= 0.3 is 0 Å². The molecule has 1 spiro atoms. The maximum absolute atomic E-state index is 13.9.